The molecule has 0 unspecified atom stereocenters. The van der Waals surface area contributed by atoms with Crippen LogP contribution in [0.15, 0.2) is 24.3 Å². The van der Waals surface area contributed by atoms with Gasteiger partial charge in [0.25, 0.3) is 0 Å². The molecule has 5 heteroatoms. The van der Waals surface area contributed by atoms with Crippen molar-refractivity contribution in [2.75, 3.05) is 19.4 Å². The maximum atomic E-state index is 12.0. The topological polar surface area (TPSA) is 55.4 Å². The number of rotatable bonds is 6. The first kappa shape index (κ1) is 17.0. The molecule has 4 nitrogen and oxygen atoms in total. The standard InChI is InChI=1S/C15H25NO3S/c1-12(13-8-6-7-9-14(13)19-5)16-10-11-20(17,18)15(2,3)4/h6-9,12,16H,10-11H2,1-5H3/t12-/m1/s1. The second-order valence-electron chi connectivity index (χ2n) is 5.85. The van der Waals surface area contributed by atoms with Gasteiger partial charge in [-0.1, -0.05) is 18.2 Å². The molecular formula is C15H25NO3S. The zero-order valence-corrected chi connectivity index (χ0v) is 13.8. The molecule has 20 heavy (non-hydrogen) atoms. The molecule has 0 fully saturated rings. The molecule has 1 rings (SSSR count). The van der Waals surface area contributed by atoms with Gasteiger partial charge in [-0.15, -0.1) is 0 Å². The van der Waals surface area contributed by atoms with Gasteiger partial charge in [0, 0.05) is 18.2 Å². The van der Waals surface area contributed by atoms with Crippen LogP contribution in [-0.2, 0) is 9.84 Å². The fourth-order valence-corrected chi connectivity index (χ4v) is 2.85. The number of para-hydroxylation sites is 1. The van der Waals surface area contributed by atoms with Gasteiger partial charge in [-0.05, 0) is 33.8 Å². The first-order chi connectivity index (χ1) is 9.19. The molecule has 0 amide bonds. The summed E-state index contributed by atoms with van der Waals surface area (Å²) in [4.78, 5) is 0. The van der Waals surface area contributed by atoms with Crippen LogP contribution in [0.3, 0.4) is 0 Å². The minimum atomic E-state index is -3.09. The fraction of sp³-hybridized carbons (Fsp3) is 0.600. The number of ether oxygens (including phenoxy) is 1. The lowest BCUT2D eigenvalue weighted by Gasteiger charge is -2.21. The third kappa shape index (κ3) is 4.21. The van der Waals surface area contributed by atoms with E-state index >= 15 is 0 Å². The van der Waals surface area contributed by atoms with Crippen LogP contribution in [0.1, 0.15) is 39.3 Å². The second kappa shape index (κ2) is 6.59. The van der Waals surface area contributed by atoms with Crippen molar-refractivity contribution in [3.05, 3.63) is 29.8 Å². The second-order valence-corrected chi connectivity index (χ2v) is 8.71. The Labute approximate surface area is 122 Å². The number of sulfone groups is 1. The molecule has 1 aromatic rings. The summed E-state index contributed by atoms with van der Waals surface area (Å²) in [6, 6.07) is 7.79. The lowest BCUT2D eigenvalue weighted by atomic mass is 10.1. The smallest absolute Gasteiger partial charge is 0.156 e. The number of hydrogen-bond donors (Lipinski definition) is 1. The van der Waals surface area contributed by atoms with E-state index in [1.165, 1.54) is 0 Å². The molecule has 0 spiro atoms. The largest absolute Gasteiger partial charge is 0.496 e. The predicted molar refractivity (Wildman–Crippen MR) is 83.0 cm³/mol. The summed E-state index contributed by atoms with van der Waals surface area (Å²) >= 11 is 0. The third-order valence-corrected chi connectivity index (χ3v) is 5.97. The number of benzene rings is 1. The Morgan fingerprint density at radius 1 is 1.25 bits per heavy atom. The quantitative estimate of drug-likeness (QED) is 0.877. The van der Waals surface area contributed by atoms with Crippen molar-refractivity contribution < 1.29 is 13.2 Å². The molecule has 0 aliphatic heterocycles. The number of hydrogen-bond acceptors (Lipinski definition) is 4. The molecule has 0 aromatic heterocycles. The van der Waals surface area contributed by atoms with Crippen LogP contribution < -0.4 is 10.1 Å². The lowest BCUT2D eigenvalue weighted by molar-refractivity contribution is 0.402. The van der Waals surface area contributed by atoms with Crippen molar-refractivity contribution in [1.29, 1.82) is 0 Å². The summed E-state index contributed by atoms with van der Waals surface area (Å²) in [6.45, 7) is 7.62. The molecule has 0 bridgehead atoms. The van der Waals surface area contributed by atoms with Crippen LogP contribution in [0, 0.1) is 0 Å². The highest BCUT2D eigenvalue weighted by atomic mass is 32.2. The van der Waals surface area contributed by atoms with E-state index in [2.05, 4.69) is 5.32 Å². The number of methoxy groups -OCH3 is 1. The zero-order valence-electron chi connectivity index (χ0n) is 12.9. The van der Waals surface area contributed by atoms with E-state index in [0.717, 1.165) is 11.3 Å². The molecular weight excluding hydrogens is 274 g/mol. The Bertz CT molecular complexity index is 532. The van der Waals surface area contributed by atoms with Gasteiger partial charge in [0.15, 0.2) is 9.84 Å². The minimum absolute atomic E-state index is 0.0429. The molecule has 1 aromatic carbocycles. The minimum Gasteiger partial charge on any atom is -0.496 e. The third-order valence-electron chi connectivity index (χ3n) is 3.36. The van der Waals surface area contributed by atoms with Crippen LogP contribution >= 0.6 is 0 Å². The first-order valence-electron chi connectivity index (χ1n) is 6.77. The van der Waals surface area contributed by atoms with E-state index in [1.807, 2.05) is 31.2 Å². The number of nitrogens with one attached hydrogen (secondary N) is 1. The summed E-state index contributed by atoms with van der Waals surface area (Å²) in [6.07, 6.45) is 0. The normalized spacial score (nSPS) is 14.1. The average molecular weight is 299 g/mol. The average Bonchev–Trinajstić information content (AvgIpc) is 2.37. The van der Waals surface area contributed by atoms with E-state index in [1.54, 1.807) is 27.9 Å². The SMILES string of the molecule is COc1ccccc1[C@@H](C)NCCS(=O)(=O)C(C)(C)C. The highest BCUT2D eigenvalue weighted by molar-refractivity contribution is 7.92. The lowest BCUT2D eigenvalue weighted by Crippen LogP contribution is -2.35. The molecule has 0 saturated carbocycles. The Balaban J connectivity index is 2.63. The van der Waals surface area contributed by atoms with E-state index < -0.39 is 14.6 Å². The molecule has 0 saturated heterocycles. The van der Waals surface area contributed by atoms with Crippen molar-refractivity contribution in [1.82, 2.24) is 5.32 Å². The van der Waals surface area contributed by atoms with Crippen LogP contribution in [0.2, 0.25) is 0 Å². The van der Waals surface area contributed by atoms with Crippen molar-refractivity contribution in [2.45, 2.75) is 38.5 Å². The van der Waals surface area contributed by atoms with E-state index in [9.17, 15) is 8.42 Å². The van der Waals surface area contributed by atoms with Crippen LogP contribution in [0.25, 0.3) is 0 Å². The Morgan fingerprint density at radius 2 is 1.85 bits per heavy atom. The summed E-state index contributed by atoms with van der Waals surface area (Å²) in [5.74, 6) is 0.946. The van der Waals surface area contributed by atoms with E-state index in [4.69, 9.17) is 4.74 Å². The summed E-state index contributed by atoms with van der Waals surface area (Å²) in [7, 11) is -1.45. The maximum absolute atomic E-state index is 12.0. The molecule has 0 aliphatic rings. The molecule has 0 heterocycles. The van der Waals surface area contributed by atoms with Crippen molar-refractivity contribution in [3.8, 4) is 5.75 Å². The van der Waals surface area contributed by atoms with Gasteiger partial charge < -0.3 is 10.1 Å². The van der Waals surface area contributed by atoms with Gasteiger partial charge in [-0.2, -0.15) is 0 Å². The molecule has 0 radical (unpaired) electrons. The Kier molecular flexibility index (Phi) is 5.59. The van der Waals surface area contributed by atoms with Crippen LogP contribution in [0.5, 0.6) is 5.75 Å². The monoisotopic (exact) mass is 299 g/mol. The molecule has 114 valence electrons. The fourth-order valence-electron chi connectivity index (χ4n) is 1.85. The Hall–Kier alpha value is -1.07. The van der Waals surface area contributed by atoms with Crippen LogP contribution in [-0.4, -0.2) is 32.6 Å². The van der Waals surface area contributed by atoms with Gasteiger partial charge in [-0.25, -0.2) is 8.42 Å². The summed E-state index contributed by atoms with van der Waals surface area (Å²) in [5, 5.41) is 3.24. The molecule has 1 N–H and O–H groups in total. The van der Waals surface area contributed by atoms with E-state index in [-0.39, 0.29) is 11.8 Å². The Morgan fingerprint density at radius 3 is 2.40 bits per heavy atom. The first-order valence-corrected chi connectivity index (χ1v) is 8.43. The van der Waals surface area contributed by atoms with Crippen molar-refractivity contribution in [2.24, 2.45) is 0 Å². The molecule has 0 aliphatic carbocycles. The summed E-state index contributed by atoms with van der Waals surface area (Å²) in [5.41, 5.74) is 1.03. The van der Waals surface area contributed by atoms with E-state index in [0.29, 0.717) is 6.54 Å². The van der Waals surface area contributed by atoms with Crippen LogP contribution in [0.4, 0.5) is 0 Å². The van der Waals surface area contributed by atoms with Gasteiger partial charge in [0.05, 0.1) is 17.6 Å². The maximum Gasteiger partial charge on any atom is 0.156 e. The zero-order chi connectivity index (χ0) is 15.4. The van der Waals surface area contributed by atoms with Crippen molar-refractivity contribution in [3.63, 3.8) is 0 Å². The van der Waals surface area contributed by atoms with Gasteiger partial charge in [0.2, 0.25) is 0 Å². The highest BCUT2D eigenvalue weighted by Gasteiger charge is 2.28. The van der Waals surface area contributed by atoms with Gasteiger partial charge in [0.1, 0.15) is 5.75 Å². The summed E-state index contributed by atoms with van der Waals surface area (Å²) < 4.78 is 28.7. The van der Waals surface area contributed by atoms with Crippen molar-refractivity contribution >= 4 is 9.84 Å². The van der Waals surface area contributed by atoms with Gasteiger partial charge >= 0.3 is 0 Å². The van der Waals surface area contributed by atoms with Gasteiger partial charge in [-0.3, -0.25) is 0 Å². The molecule has 1 atom stereocenters. The highest BCUT2D eigenvalue weighted by Crippen LogP contribution is 2.24. The predicted octanol–water partition coefficient (Wildman–Crippen LogP) is 2.56.